The summed E-state index contributed by atoms with van der Waals surface area (Å²) in [7, 11) is 1.55. The average molecular weight is 229 g/mol. The molecule has 2 rings (SSSR count). The minimum Gasteiger partial charge on any atom is -0.496 e. The first-order chi connectivity index (χ1) is 8.22. The molecule has 17 heavy (non-hydrogen) atoms. The molecule has 0 fully saturated rings. The van der Waals surface area contributed by atoms with Gasteiger partial charge in [0.25, 0.3) is 5.69 Å². The third kappa shape index (κ3) is 2.25. The fourth-order valence-corrected chi connectivity index (χ4v) is 1.65. The van der Waals surface area contributed by atoms with Gasteiger partial charge >= 0.3 is 0 Å². The van der Waals surface area contributed by atoms with Crippen molar-refractivity contribution < 1.29 is 9.66 Å². The Morgan fingerprint density at radius 3 is 2.41 bits per heavy atom. The van der Waals surface area contributed by atoms with E-state index in [2.05, 4.69) is 0 Å². The van der Waals surface area contributed by atoms with Gasteiger partial charge in [-0.25, -0.2) is 0 Å². The van der Waals surface area contributed by atoms with E-state index in [0.29, 0.717) is 5.75 Å². The third-order valence-corrected chi connectivity index (χ3v) is 2.48. The number of hydrogen-bond donors (Lipinski definition) is 0. The van der Waals surface area contributed by atoms with Gasteiger partial charge in [-0.2, -0.15) is 0 Å². The summed E-state index contributed by atoms with van der Waals surface area (Å²) >= 11 is 0. The van der Waals surface area contributed by atoms with E-state index in [0.717, 1.165) is 11.1 Å². The molecule has 2 aromatic rings. The van der Waals surface area contributed by atoms with Crippen LogP contribution in [-0.2, 0) is 0 Å². The van der Waals surface area contributed by atoms with Crippen LogP contribution >= 0.6 is 0 Å². The SMILES string of the molecule is COc1ccc([N+](=O)[O-])cc1-c1ccccc1. The van der Waals surface area contributed by atoms with Crippen LogP contribution in [0, 0.1) is 10.1 Å². The monoisotopic (exact) mass is 229 g/mol. The normalized spacial score (nSPS) is 9.94. The van der Waals surface area contributed by atoms with Gasteiger partial charge < -0.3 is 4.74 Å². The fraction of sp³-hybridized carbons (Fsp3) is 0.0769. The Labute approximate surface area is 98.6 Å². The minimum atomic E-state index is -0.411. The van der Waals surface area contributed by atoms with Crippen molar-refractivity contribution >= 4 is 5.69 Å². The molecule has 0 atom stereocenters. The zero-order chi connectivity index (χ0) is 12.3. The zero-order valence-corrected chi connectivity index (χ0v) is 9.29. The topological polar surface area (TPSA) is 52.4 Å². The fourth-order valence-electron chi connectivity index (χ4n) is 1.65. The van der Waals surface area contributed by atoms with Gasteiger partial charge in [0, 0.05) is 17.7 Å². The van der Waals surface area contributed by atoms with Crippen LogP contribution in [0.2, 0.25) is 0 Å². The van der Waals surface area contributed by atoms with E-state index in [1.165, 1.54) is 12.1 Å². The Morgan fingerprint density at radius 2 is 1.82 bits per heavy atom. The van der Waals surface area contributed by atoms with Gasteiger partial charge in [-0.1, -0.05) is 30.3 Å². The quantitative estimate of drug-likeness (QED) is 0.599. The number of methoxy groups -OCH3 is 1. The molecule has 4 nitrogen and oxygen atoms in total. The van der Waals surface area contributed by atoms with Gasteiger partial charge in [0.1, 0.15) is 5.75 Å². The first-order valence-corrected chi connectivity index (χ1v) is 5.10. The van der Waals surface area contributed by atoms with Crippen molar-refractivity contribution in [1.29, 1.82) is 0 Å². The third-order valence-electron chi connectivity index (χ3n) is 2.48. The van der Waals surface area contributed by atoms with Crippen LogP contribution in [0.5, 0.6) is 5.75 Å². The van der Waals surface area contributed by atoms with Crippen molar-refractivity contribution in [1.82, 2.24) is 0 Å². The standard InChI is InChI=1S/C13H11NO3/c1-17-13-8-7-11(14(15)16)9-12(13)10-5-3-2-4-6-10/h2-9H,1H3. The summed E-state index contributed by atoms with van der Waals surface area (Å²) in [6.07, 6.45) is 0. The van der Waals surface area contributed by atoms with E-state index < -0.39 is 4.92 Å². The Morgan fingerprint density at radius 1 is 1.12 bits per heavy atom. The maximum atomic E-state index is 10.7. The molecular formula is C13H11NO3. The maximum absolute atomic E-state index is 10.7. The second-order valence-corrected chi connectivity index (χ2v) is 3.51. The number of benzene rings is 2. The summed E-state index contributed by atoms with van der Waals surface area (Å²) in [6.45, 7) is 0. The molecule has 0 heterocycles. The van der Waals surface area contributed by atoms with Gasteiger partial charge in [-0.15, -0.1) is 0 Å². The van der Waals surface area contributed by atoms with Crippen LogP contribution in [0.25, 0.3) is 11.1 Å². The average Bonchev–Trinajstić information content (AvgIpc) is 2.39. The van der Waals surface area contributed by atoms with Gasteiger partial charge in [0.2, 0.25) is 0 Å². The van der Waals surface area contributed by atoms with E-state index in [1.807, 2.05) is 30.3 Å². The Hall–Kier alpha value is -2.36. The van der Waals surface area contributed by atoms with Crippen LogP contribution in [0.4, 0.5) is 5.69 Å². The summed E-state index contributed by atoms with van der Waals surface area (Å²) in [5.41, 5.74) is 1.68. The Kier molecular flexibility index (Phi) is 3.05. The van der Waals surface area contributed by atoms with E-state index in [-0.39, 0.29) is 5.69 Å². The van der Waals surface area contributed by atoms with E-state index >= 15 is 0 Å². The lowest BCUT2D eigenvalue weighted by Gasteiger charge is -2.08. The van der Waals surface area contributed by atoms with Crippen molar-refractivity contribution in [3.63, 3.8) is 0 Å². The lowest BCUT2D eigenvalue weighted by Crippen LogP contribution is -1.92. The maximum Gasteiger partial charge on any atom is 0.270 e. The Balaban J connectivity index is 2.58. The second kappa shape index (κ2) is 4.65. The van der Waals surface area contributed by atoms with E-state index in [9.17, 15) is 10.1 Å². The van der Waals surface area contributed by atoms with Crippen LogP contribution in [0.3, 0.4) is 0 Å². The van der Waals surface area contributed by atoms with Crippen LogP contribution < -0.4 is 4.74 Å². The molecule has 0 saturated heterocycles. The summed E-state index contributed by atoms with van der Waals surface area (Å²) in [6, 6.07) is 14.0. The molecule has 0 spiro atoms. The van der Waals surface area contributed by atoms with Gasteiger partial charge in [-0.3, -0.25) is 10.1 Å². The predicted octanol–water partition coefficient (Wildman–Crippen LogP) is 3.27. The Bertz CT molecular complexity index is 538. The van der Waals surface area contributed by atoms with Gasteiger partial charge in [-0.05, 0) is 11.6 Å². The van der Waals surface area contributed by atoms with Crippen LogP contribution in [-0.4, -0.2) is 12.0 Å². The molecule has 0 saturated carbocycles. The molecule has 86 valence electrons. The van der Waals surface area contributed by atoms with E-state index in [1.54, 1.807) is 13.2 Å². The molecule has 0 aromatic heterocycles. The van der Waals surface area contributed by atoms with Crippen molar-refractivity contribution in [2.75, 3.05) is 7.11 Å². The number of hydrogen-bond acceptors (Lipinski definition) is 3. The van der Waals surface area contributed by atoms with Crippen molar-refractivity contribution in [2.45, 2.75) is 0 Å². The second-order valence-electron chi connectivity index (χ2n) is 3.51. The summed E-state index contributed by atoms with van der Waals surface area (Å²) in [5.74, 6) is 0.627. The number of ether oxygens (including phenoxy) is 1. The van der Waals surface area contributed by atoms with Crippen LogP contribution in [0.1, 0.15) is 0 Å². The van der Waals surface area contributed by atoms with Crippen LogP contribution in [0.15, 0.2) is 48.5 Å². The molecule has 0 bridgehead atoms. The summed E-state index contributed by atoms with van der Waals surface area (Å²) < 4.78 is 5.21. The number of nitro groups is 1. The highest BCUT2D eigenvalue weighted by atomic mass is 16.6. The predicted molar refractivity (Wildman–Crippen MR) is 65.1 cm³/mol. The lowest BCUT2D eigenvalue weighted by atomic mass is 10.0. The molecule has 2 aromatic carbocycles. The molecule has 0 amide bonds. The number of nitrogens with zero attached hydrogens (tertiary/aromatic N) is 1. The molecular weight excluding hydrogens is 218 g/mol. The first-order valence-electron chi connectivity index (χ1n) is 5.10. The number of non-ortho nitro benzene ring substituents is 1. The highest BCUT2D eigenvalue weighted by molar-refractivity contribution is 5.72. The highest BCUT2D eigenvalue weighted by Crippen LogP contribution is 2.32. The van der Waals surface area contributed by atoms with Crippen molar-refractivity contribution in [3.05, 3.63) is 58.6 Å². The smallest absolute Gasteiger partial charge is 0.270 e. The van der Waals surface area contributed by atoms with Gasteiger partial charge in [0.05, 0.1) is 12.0 Å². The molecule has 0 aliphatic heterocycles. The molecule has 0 radical (unpaired) electrons. The first kappa shape index (κ1) is 11.1. The molecule has 0 aliphatic rings. The summed E-state index contributed by atoms with van der Waals surface area (Å²) in [4.78, 5) is 10.3. The lowest BCUT2D eigenvalue weighted by molar-refractivity contribution is -0.384. The molecule has 0 aliphatic carbocycles. The minimum absolute atomic E-state index is 0.0599. The number of nitro benzene ring substituents is 1. The van der Waals surface area contributed by atoms with E-state index in [4.69, 9.17) is 4.74 Å². The zero-order valence-electron chi connectivity index (χ0n) is 9.29. The number of rotatable bonds is 3. The highest BCUT2D eigenvalue weighted by Gasteiger charge is 2.12. The van der Waals surface area contributed by atoms with Gasteiger partial charge in [0.15, 0.2) is 0 Å². The summed E-state index contributed by atoms with van der Waals surface area (Å²) in [5, 5.41) is 10.7. The van der Waals surface area contributed by atoms with Crippen molar-refractivity contribution in [3.8, 4) is 16.9 Å². The largest absolute Gasteiger partial charge is 0.496 e. The molecule has 0 unspecified atom stereocenters. The molecule has 4 heteroatoms. The molecule has 0 N–H and O–H groups in total. The van der Waals surface area contributed by atoms with Crippen molar-refractivity contribution in [2.24, 2.45) is 0 Å².